The van der Waals surface area contributed by atoms with Crippen molar-refractivity contribution in [2.24, 2.45) is 5.73 Å². The van der Waals surface area contributed by atoms with Crippen LogP contribution in [-0.4, -0.2) is 36.2 Å². The van der Waals surface area contributed by atoms with E-state index >= 15 is 0 Å². The summed E-state index contributed by atoms with van der Waals surface area (Å²) in [4.78, 5) is 13.8. The third-order valence-corrected chi connectivity index (χ3v) is 3.94. The summed E-state index contributed by atoms with van der Waals surface area (Å²) in [5.74, 6) is -0.295. The molecule has 0 aliphatic carbocycles. The summed E-state index contributed by atoms with van der Waals surface area (Å²) in [5, 5.41) is 0. The second-order valence-electron chi connectivity index (χ2n) is 4.11. The molecule has 0 radical (unpaired) electrons. The quantitative estimate of drug-likeness (QED) is 0.593. The molecule has 0 saturated carbocycles. The molecule has 1 amide bonds. The van der Waals surface area contributed by atoms with Crippen LogP contribution in [0, 0.1) is 5.82 Å². The molecule has 1 rings (SSSR count). The summed E-state index contributed by atoms with van der Waals surface area (Å²) in [7, 11) is 0. The highest BCUT2D eigenvalue weighted by Gasteiger charge is 2.12. The summed E-state index contributed by atoms with van der Waals surface area (Å²) < 4.78 is 13.7. The van der Waals surface area contributed by atoms with Gasteiger partial charge in [0.15, 0.2) is 0 Å². The van der Waals surface area contributed by atoms with Crippen LogP contribution in [0.3, 0.4) is 0 Å². The van der Waals surface area contributed by atoms with Crippen LogP contribution >= 0.6 is 11.8 Å². The van der Waals surface area contributed by atoms with Gasteiger partial charge in [0.05, 0.1) is 5.56 Å². The van der Waals surface area contributed by atoms with Gasteiger partial charge in [0.25, 0.3) is 5.91 Å². The van der Waals surface area contributed by atoms with E-state index in [1.807, 2.05) is 0 Å². The Balaban J connectivity index is 2.73. The number of hydrogen-bond acceptors (Lipinski definition) is 4. The Bertz CT molecular complexity index is 450. The minimum atomic E-state index is -0.636. The second-order valence-corrected chi connectivity index (χ2v) is 5.25. The predicted octanol–water partition coefficient (Wildman–Crippen LogP) is 1.94. The van der Waals surface area contributed by atoms with Gasteiger partial charge in [-0.3, -0.25) is 4.79 Å². The molecule has 0 aliphatic heterocycles. The Hall–Kier alpha value is -1.27. The average Bonchev–Trinajstić information content (AvgIpc) is 2.36. The second kappa shape index (κ2) is 7.35. The number of hydrogen-bond donors (Lipinski definition) is 2. The Morgan fingerprint density at radius 2 is 2.00 bits per heavy atom. The lowest BCUT2D eigenvalue weighted by Gasteiger charge is -2.17. The highest BCUT2D eigenvalue weighted by molar-refractivity contribution is 7.99. The number of halogens is 1. The van der Waals surface area contributed by atoms with Gasteiger partial charge in [-0.15, -0.1) is 11.8 Å². The molecule has 1 aromatic rings. The lowest BCUT2D eigenvalue weighted by atomic mass is 10.1. The van der Waals surface area contributed by atoms with E-state index in [0.717, 1.165) is 31.5 Å². The number of benzene rings is 1. The number of carbonyl (C=O) groups is 1. The van der Waals surface area contributed by atoms with Crippen LogP contribution in [0.2, 0.25) is 0 Å². The fourth-order valence-corrected chi connectivity index (χ4v) is 2.68. The highest BCUT2D eigenvalue weighted by Crippen LogP contribution is 2.26. The van der Waals surface area contributed by atoms with E-state index in [2.05, 4.69) is 18.7 Å². The molecule has 19 heavy (non-hydrogen) atoms. The molecule has 6 heteroatoms. The van der Waals surface area contributed by atoms with E-state index in [1.54, 1.807) is 0 Å². The third-order valence-electron chi connectivity index (χ3n) is 2.93. The molecule has 0 spiro atoms. The molecule has 0 saturated heterocycles. The van der Waals surface area contributed by atoms with Crippen molar-refractivity contribution in [3.63, 3.8) is 0 Å². The zero-order chi connectivity index (χ0) is 14.4. The van der Waals surface area contributed by atoms with Crippen LogP contribution < -0.4 is 11.5 Å². The number of thioether (sulfide) groups is 1. The van der Waals surface area contributed by atoms with E-state index in [0.29, 0.717) is 4.90 Å². The monoisotopic (exact) mass is 285 g/mol. The van der Waals surface area contributed by atoms with Gasteiger partial charge >= 0.3 is 0 Å². The number of amides is 1. The van der Waals surface area contributed by atoms with Crippen molar-refractivity contribution in [1.29, 1.82) is 0 Å². The van der Waals surface area contributed by atoms with Gasteiger partial charge in [-0.1, -0.05) is 13.8 Å². The fraction of sp³-hybridized carbons (Fsp3) is 0.462. The molecule has 0 heterocycles. The van der Waals surface area contributed by atoms with Crippen LogP contribution in [0.1, 0.15) is 24.2 Å². The summed E-state index contributed by atoms with van der Waals surface area (Å²) in [5.41, 5.74) is 11.0. The van der Waals surface area contributed by atoms with Crippen molar-refractivity contribution in [2.75, 3.05) is 31.1 Å². The van der Waals surface area contributed by atoms with Crippen molar-refractivity contribution in [1.82, 2.24) is 4.90 Å². The van der Waals surface area contributed by atoms with Crippen LogP contribution in [0.4, 0.5) is 10.1 Å². The molecular formula is C13H20FN3OS. The summed E-state index contributed by atoms with van der Waals surface area (Å²) in [6.07, 6.45) is 0. The van der Waals surface area contributed by atoms with Crippen molar-refractivity contribution in [2.45, 2.75) is 18.7 Å². The molecule has 0 aliphatic rings. The van der Waals surface area contributed by atoms with Crippen molar-refractivity contribution >= 4 is 23.4 Å². The van der Waals surface area contributed by atoms with Crippen molar-refractivity contribution in [3.8, 4) is 0 Å². The van der Waals surface area contributed by atoms with Crippen LogP contribution in [0.15, 0.2) is 17.0 Å². The lowest BCUT2D eigenvalue weighted by molar-refractivity contribution is 0.100. The Morgan fingerprint density at radius 1 is 1.37 bits per heavy atom. The number of nitrogens with zero attached hydrogens (tertiary/aromatic N) is 1. The maximum Gasteiger partial charge on any atom is 0.250 e. The van der Waals surface area contributed by atoms with E-state index in [4.69, 9.17) is 11.5 Å². The maximum absolute atomic E-state index is 13.7. The number of anilines is 1. The first-order chi connectivity index (χ1) is 8.99. The van der Waals surface area contributed by atoms with E-state index < -0.39 is 11.7 Å². The number of nitrogen functional groups attached to an aromatic ring is 1. The molecular weight excluding hydrogens is 265 g/mol. The van der Waals surface area contributed by atoms with Gasteiger partial charge in [0, 0.05) is 22.9 Å². The zero-order valence-electron chi connectivity index (χ0n) is 11.3. The molecule has 0 fully saturated rings. The van der Waals surface area contributed by atoms with Gasteiger partial charge in [0.2, 0.25) is 0 Å². The van der Waals surface area contributed by atoms with Crippen molar-refractivity contribution < 1.29 is 9.18 Å². The SMILES string of the molecule is CCN(CC)CCSc1cc(C(N)=O)c(N)cc1F. The molecule has 0 bridgehead atoms. The smallest absolute Gasteiger partial charge is 0.250 e. The van der Waals surface area contributed by atoms with Crippen molar-refractivity contribution in [3.05, 3.63) is 23.5 Å². The van der Waals surface area contributed by atoms with E-state index in [9.17, 15) is 9.18 Å². The zero-order valence-corrected chi connectivity index (χ0v) is 12.1. The first kappa shape index (κ1) is 15.8. The topological polar surface area (TPSA) is 72.3 Å². The Labute approximate surface area is 117 Å². The maximum atomic E-state index is 13.7. The Kier molecular flexibility index (Phi) is 6.11. The van der Waals surface area contributed by atoms with E-state index in [1.165, 1.54) is 17.8 Å². The molecule has 1 aromatic carbocycles. The molecule has 106 valence electrons. The van der Waals surface area contributed by atoms with E-state index in [-0.39, 0.29) is 11.3 Å². The van der Waals surface area contributed by atoms with Crippen LogP contribution in [-0.2, 0) is 0 Å². The first-order valence-corrected chi connectivity index (χ1v) is 7.22. The van der Waals surface area contributed by atoms with Gasteiger partial charge in [-0.2, -0.15) is 0 Å². The number of rotatable bonds is 7. The van der Waals surface area contributed by atoms with Gasteiger partial charge in [0.1, 0.15) is 5.82 Å². The third kappa shape index (κ3) is 4.40. The number of carbonyl (C=O) groups excluding carboxylic acids is 1. The van der Waals surface area contributed by atoms with Gasteiger partial charge in [-0.05, 0) is 25.2 Å². The summed E-state index contributed by atoms with van der Waals surface area (Å²) in [6.45, 7) is 6.97. The summed E-state index contributed by atoms with van der Waals surface area (Å²) >= 11 is 1.37. The molecule has 0 unspecified atom stereocenters. The molecule has 4 N–H and O–H groups in total. The van der Waals surface area contributed by atoms with Gasteiger partial charge in [-0.25, -0.2) is 4.39 Å². The standard InChI is InChI=1S/C13H20FN3OS/c1-3-17(4-2)5-6-19-12-7-9(13(16)18)11(15)8-10(12)14/h7-8H,3-6,15H2,1-2H3,(H2,16,18). The summed E-state index contributed by atoms with van der Waals surface area (Å²) in [6, 6.07) is 2.58. The first-order valence-electron chi connectivity index (χ1n) is 6.23. The minimum absolute atomic E-state index is 0.0816. The van der Waals surface area contributed by atoms with Crippen LogP contribution in [0.25, 0.3) is 0 Å². The largest absolute Gasteiger partial charge is 0.398 e. The minimum Gasteiger partial charge on any atom is -0.398 e. The average molecular weight is 285 g/mol. The normalized spacial score (nSPS) is 10.9. The highest BCUT2D eigenvalue weighted by atomic mass is 32.2. The molecule has 0 aromatic heterocycles. The molecule has 4 nitrogen and oxygen atoms in total. The van der Waals surface area contributed by atoms with Gasteiger partial charge < -0.3 is 16.4 Å². The number of nitrogens with two attached hydrogens (primary N) is 2. The predicted molar refractivity (Wildman–Crippen MR) is 77.8 cm³/mol. The number of primary amides is 1. The molecule has 0 atom stereocenters. The lowest BCUT2D eigenvalue weighted by Crippen LogP contribution is -2.25. The Morgan fingerprint density at radius 3 is 2.53 bits per heavy atom. The fourth-order valence-electron chi connectivity index (χ4n) is 1.72. The van der Waals surface area contributed by atoms with Crippen LogP contribution in [0.5, 0.6) is 0 Å².